The molecule has 3 aromatic rings. The second-order valence-electron chi connectivity index (χ2n) is 8.02. The third-order valence-corrected chi connectivity index (χ3v) is 6.44. The number of sulfonamides is 1. The number of anilines is 1. The van der Waals surface area contributed by atoms with Gasteiger partial charge in [0.1, 0.15) is 6.61 Å². The Kier molecular flexibility index (Phi) is 7.05. The second kappa shape index (κ2) is 10.2. The molecule has 1 aliphatic rings. The lowest BCUT2D eigenvalue weighted by Crippen LogP contribution is -2.21. The molecule has 0 fully saturated rings. The summed E-state index contributed by atoms with van der Waals surface area (Å²) in [6.07, 6.45) is 1.67. The number of primary sulfonamides is 1. The molecule has 0 bridgehead atoms. The molecule has 2 N–H and O–H groups in total. The summed E-state index contributed by atoms with van der Waals surface area (Å²) < 4.78 is 34.2. The fourth-order valence-electron chi connectivity index (χ4n) is 3.57. The molecule has 190 valence electrons. The third-order valence-electron chi connectivity index (χ3n) is 5.51. The molecule has 0 atom stereocenters. The number of hydrogen-bond acceptors (Lipinski definition) is 8. The number of carbonyl (C=O) groups is 1. The number of methoxy groups -OCH3 is 1. The summed E-state index contributed by atoms with van der Waals surface area (Å²) in [5.74, 6) is 0.521. The molecule has 4 rings (SSSR count). The van der Waals surface area contributed by atoms with Crippen molar-refractivity contribution < 1.29 is 27.6 Å². The van der Waals surface area contributed by atoms with Crippen molar-refractivity contribution in [2.45, 2.75) is 18.4 Å². The Balaban J connectivity index is 1.51. The lowest BCUT2D eigenvalue weighted by molar-refractivity contribution is -0.384. The van der Waals surface area contributed by atoms with Crippen molar-refractivity contribution in [2.75, 3.05) is 12.1 Å². The van der Waals surface area contributed by atoms with Crippen molar-refractivity contribution in [3.8, 4) is 11.5 Å². The number of nitrogens with zero attached hydrogens (tertiary/aromatic N) is 3. The first-order chi connectivity index (χ1) is 17.6. The minimum Gasteiger partial charge on any atom is -0.493 e. The topological polar surface area (TPSA) is 154 Å². The Morgan fingerprint density at radius 1 is 1.05 bits per heavy atom. The minimum atomic E-state index is -3.85. The highest BCUT2D eigenvalue weighted by Gasteiger charge is 2.29. The van der Waals surface area contributed by atoms with E-state index in [9.17, 15) is 23.3 Å². The van der Waals surface area contributed by atoms with Gasteiger partial charge >= 0.3 is 0 Å². The quantitative estimate of drug-likeness (QED) is 0.269. The van der Waals surface area contributed by atoms with Gasteiger partial charge in [-0.05, 0) is 72.7 Å². The fourth-order valence-corrected chi connectivity index (χ4v) is 4.09. The summed E-state index contributed by atoms with van der Waals surface area (Å²) in [4.78, 5) is 23.3. The van der Waals surface area contributed by atoms with E-state index in [1.54, 1.807) is 43.3 Å². The zero-order chi connectivity index (χ0) is 26.7. The van der Waals surface area contributed by atoms with Gasteiger partial charge in [-0.25, -0.2) is 13.6 Å². The number of benzene rings is 3. The van der Waals surface area contributed by atoms with E-state index in [2.05, 4.69) is 5.10 Å². The van der Waals surface area contributed by atoms with E-state index in [1.807, 2.05) is 0 Å². The Morgan fingerprint density at radius 2 is 1.73 bits per heavy atom. The maximum Gasteiger partial charge on any atom is 0.280 e. The van der Waals surface area contributed by atoms with Gasteiger partial charge in [0.15, 0.2) is 11.5 Å². The fraction of sp³-hybridized carbons (Fsp3) is 0.120. The van der Waals surface area contributed by atoms with E-state index >= 15 is 0 Å². The van der Waals surface area contributed by atoms with E-state index in [0.29, 0.717) is 34.0 Å². The van der Waals surface area contributed by atoms with Crippen LogP contribution >= 0.6 is 0 Å². The highest BCUT2D eigenvalue weighted by atomic mass is 32.2. The molecule has 0 saturated carbocycles. The van der Waals surface area contributed by atoms with E-state index in [0.717, 1.165) is 5.56 Å². The molecular weight excluding hydrogens is 500 g/mol. The van der Waals surface area contributed by atoms with Crippen molar-refractivity contribution >= 4 is 39.1 Å². The van der Waals surface area contributed by atoms with Crippen LogP contribution in [0.3, 0.4) is 0 Å². The molecule has 0 unspecified atom stereocenters. The Labute approximate surface area is 212 Å². The number of nitro groups is 1. The first-order valence-electron chi connectivity index (χ1n) is 10.9. The Hall–Kier alpha value is -4.55. The molecule has 0 aromatic heterocycles. The summed E-state index contributed by atoms with van der Waals surface area (Å²) in [6, 6.07) is 16.7. The zero-order valence-electron chi connectivity index (χ0n) is 19.8. The predicted octanol–water partition coefficient (Wildman–Crippen LogP) is 3.64. The van der Waals surface area contributed by atoms with Gasteiger partial charge in [0.2, 0.25) is 10.0 Å². The van der Waals surface area contributed by atoms with Gasteiger partial charge < -0.3 is 9.47 Å². The van der Waals surface area contributed by atoms with Crippen LogP contribution in [0, 0.1) is 10.1 Å². The smallest absolute Gasteiger partial charge is 0.280 e. The first kappa shape index (κ1) is 25.5. The molecule has 0 spiro atoms. The molecule has 0 aliphatic carbocycles. The maximum atomic E-state index is 13.1. The van der Waals surface area contributed by atoms with Gasteiger partial charge in [0.05, 0.1) is 33.9 Å². The van der Waals surface area contributed by atoms with Gasteiger partial charge in [-0.15, -0.1) is 0 Å². The van der Waals surface area contributed by atoms with Crippen molar-refractivity contribution in [3.05, 3.63) is 93.5 Å². The van der Waals surface area contributed by atoms with E-state index in [1.165, 1.54) is 48.5 Å². The van der Waals surface area contributed by atoms with Crippen LogP contribution in [0.1, 0.15) is 18.1 Å². The van der Waals surface area contributed by atoms with Crippen molar-refractivity contribution in [3.63, 3.8) is 0 Å². The van der Waals surface area contributed by atoms with Gasteiger partial charge in [-0.2, -0.15) is 10.1 Å². The van der Waals surface area contributed by atoms with Crippen molar-refractivity contribution in [2.24, 2.45) is 10.2 Å². The lowest BCUT2D eigenvalue weighted by atomic mass is 10.1. The molecule has 1 heterocycles. The molecule has 3 aromatic carbocycles. The number of rotatable bonds is 8. The van der Waals surface area contributed by atoms with E-state index in [-0.39, 0.29) is 23.1 Å². The van der Waals surface area contributed by atoms with Crippen LogP contribution in [-0.4, -0.2) is 32.1 Å². The highest BCUT2D eigenvalue weighted by Crippen LogP contribution is 2.31. The number of amides is 1. The van der Waals surface area contributed by atoms with E-state index < -0.39 is 14.9 Å². The number of non-ortho nitro benzene ring substituents is 1. The van der Waals surface area contributed by atoms with Crippen LogP contribution in [0.4, 0.5) is 11.4 Å². The van der Waals surface area contributed by atoms with Gasteiger partial charge in [-0.1, -0.05) is 6.07 Å². The number of nitro benzene ring substituents is 1. The Bertz CT molecular complexity index is 1530. The molecule has 0 saturated heterocycles. The summed E-state index contributed by atoms with van der Waals surface area (Å²) in [5.41, 5.74) is 2.66. The molecule has 37 heavy (non-hydrogen) atoms. The van der Waals surface area contributed by atoms with Crippen LogP contribution in [-0.2, 0) is 21.4 Å². The van der Waals surface area contributed by atoms with Gasteiger partial charge in [-0.3, -0.25) is 14.9 Å². The van der Waals surface area contributed by atoms with Gasteiger partial charge in [0, 0.05) is 12.1 Å². The summed E-state index contributed by atoms with van der Waals surface area (Å²) in [5, 5.41) is 21.4. The molecular formula is C25H22N4O7S. The van der Waals surface area contributed by atoms with Crippen LogP contribution in [0.5, 0.6) is 11.5 Å². The monoisotopic (exact) mass is 522 g/mol. The summed E-state index contributed by atoms with van der Waals surface area (Å²) in [6.45, 7) is 1.87. The van der Waals surface area contributed by atoms with Gasteiger partial charge in [0.25, 0.3) is 11.6 Å². The average molecular weight is 523 g/mol. The lowest BCUT2D eigenvalue weighted by Gasteiger charge is -2.13. The summed E-state index contributed by atoms with van der Waals surface area (Å²) in [7, 11) is -2.36. The summed E-state index contributed by atoms with van der Waals surface area (Å²) >= 11 is 0. The highest BCUT2D eigenvalue weighted by molar-refractivity contribution is 7.89. The number of carbonyl (C=O) groups excluding carboxylic acids is 1. The number of hydrogen-bond donors (Lipinski definition) is 1. The Morgan fingerprint density at radius 3 is 2.32 bits per heavy atom. The SMILES string of the molecule is COc1cc(/C=C2\C(=O)N(c3ccc(S(N)(=O)=O)cc3)N=C2C)ccc1OCc1ccc([N+](=O)[O-])cc1. The van der Waals surface area contributed by atoms with Crippen LogP contribution in [0.15, 0.2) is 82.3 Å². The number of ether oxygens (including phenoxy) is 2. The minimum absolute atomic E-state index is 0.00176. The largest absolute Gasteiger partial charge is 0.493 e. The second-order valence-corrected chi connectivity index (χ2v) is 9.58. The molecule has 1 aliphatic heterocycles. The standard InChI is InChI=1S/C25H22N4O7S/c1-16-22(25(30)28(27-16)19-8-10-21(11-9-19)37(26,33)34)13-18-5-12-23(24(14-18)35-2)36-15-17-3-6-20(7-4-17)29(31)32/h3-14H,15H2,1-2H3,(H2,26,33,34)/b22-13-. The van der Waals surface area contributed by atoms with Crippen LogP contribution in [0.25, 0.3) is 6.08 Å². The first-order valence-corrected chi connectivity index (χ1v) is 12.4. The van der Waals surface area contributed by atoms with E-state index in [4.69, 9.17) is 14.6 Å². The number of nitrogens with two attached hydrogens (primary N) is 1. The molecule has 12 heteroatoms. The van der Waals surface area contributed by atoms with Crippen LogP contribution in [0.2, 0.25) is 0 Å². The van der Waals surface area contributed by atoms with Crippen molar-refractivity contribution in [1.29, 1.82) is 0 Å². The predicted molar refractivity (Wildman–Crippen MR) is 137 cm³/mol. The number of hydrazone groups is 1. The third kappa shape index (κ3) is 5.66. The van der Waals surface area contributed by atoms with Crippen LogP contribution < -0.4 is 19.6 Å². The van der Waals surface area contributed by atoms with Crippen molar-refractivity contribution in [1.82, 2.24) is 0 Å². The normalized spacial score (nSPS) is 14.6. The maximum absolute atomic E-state index is 13.1. The molecule has 11 nitrogen and oxygen atoms in total. The molecule has 0 radical (unpaired) electrons. The zero-order valence-corrected chi connectivity index (χ0v) is 20.6. The average Bonchev–Trinajstić information content (AvgIpc) is 3.16. The molecule has 1 amide bonds.